The van der Waals surface area contributed by atoms with Crippen molar-refractivity contribution in [1.82, 2.24) is 10.3 Å². The molecule has 3 aromatic rings. The molecule has 1 aliphatic rings. The van der Waals surface area contributed by atoms with Gasteiger partial charge < -0.3 is 20.5 Å². The zero-order chi connectivity index (χ0) is 21.8. The van der Waals surface area contributed by atoms with E-state index in [2.05, 4.69) is 10.3 Å². The monoisotopic (exact) mass is 455 g/mol. The number of esters is 1. The van der Waals surface area contributed by atoms with Gasteiger partial charge in [0, 0.05) is 28.8 Å². The van der Waals surface area contributed by atoms with Crippen LogP contribution < -0.4 is 15.8 Å². The van der Waals surface area contributed by atoms with E-state index < -0.39 is 5.97 Å². The van der Waals surface area contributed by atoms with Gasteiger partial charge >= 0.3 is 5.97 Å². The average molecular weight is 456 g/mol. The number of amides is 1. The standard InChI is InChI=1S/C23H25N3O4S.CH4/c1-2-29-23(28)18-11-25-21(24)19-15(13-31-20(18)19)12-30-17-9-5-6-14(10-17)22(27)26-16-7-3-4-8-16;/h5-6,9-11,13,16H,2-4,7-8,12H2,1H3,(H2,24,25)(H,26,27);1H4. The second kappa shape index (κ2) is 10.5. The van der Waals surface area contributed by atoms with Crippen LogP contribution in [0.25, 0.3) is 10.1 Å². The Kier molecular flexibility index (Phi) is 7.69. The van der Waals surface area contributed by atoms with Crippen molar-refractivity contribution in [2.45, 2.75) is 52.7 Å². The van der Waals surface area contributed by atoms with Crippen molar-refractivity contribution in [2.24, 2.45) is 0 Å². The van der Waals surface area contributed by atoms with E-state index in [-0.39, 0.29) is 32.6 Å². The minimum absolute atomic E-state index is 0. The fourth-order valence-corrected chi connectivity index (χ4v) is 4.88. The van der Waals surface area contributed by atoms with E-state index in [0.29, 0.717) is 28.1 Å². The number of fused-ring (bicyclic) bond motifs is 1. The summed E-state index contributed by atoms with van der Waals surface area (Å²) in [6.45, 7) is 2.29. The minimum atomic E-state index is -0.421. The molecule has 1 fully saturated rings. The van der Waals surface area contributed by atoms with Gasteiger partial charge in [-0.1, -0.05) is 26.3 Å². The molecule has 0 spiro atoms. The molecule has 0 bridgehead atoms. The van der Waals surface area contributed by atoms with Crippen molar-refractivity contribution in [3.63, 3.8) is 0 Å². The predicted molar refractivity (Wildman–Crippen MR) is 127 cm³/mol. The molecule has 4 rings (SSSR count). The Bertz CT molecular complexity index is 1110. The van der Waals surface area contributed by atoms with Crippen LogP contribution in [0.4, 0.5) is 5.82 Å². The van der Waals surface area contributed by atoms with E-state index in [0.717, 1.165) is 23.1 Å². The molecular formula is C24H29N3O4S. The maximum Gasteiger partial charge on any atom is 0.341 e. The summed E-state index contributed by atoms with van der Waals surface area (Å²) in [5.74, 6) is 0.431. The number of aromatic nitrogens is 1. The summed E-state index contributed by atoms with van der Waals surface area (Å²) in [7, 11) is 0. The molecule has 1 saturated carbocycles. The van der Waals surface area contributed by atoms with Gasteiger partial charge in [0.15, 0.2) is 0 Å². The number of thiophene rings is 1. The van der Waals surface area contributed by atoms with Gasteiger partial charge in [-0.15, -0.1) is 11.3 Å². The Morgan fingerprint density at radius 1 is 1.28 bits per heavy atom. The fourth-order valence-electron chi connectivity index (χ4n) is 3.82. The number of carbonyl (C=O) groups excluding carboxylic acids is 2. The topological polar surface area (TPSA) is 104 Å². The molecule has 8 heteroatoms. The number of nitrogens with two attached hydrogens (primary N) is 1. The number of hydrogen-bond acceptors (Lipinski definition) is 7. The molecule has 0 aliphatic heterocycles. The molecule has 2 aromatic heterocycles. The lowest BCUT2D eigenvalue weighted by Gasteiger charge is -2.13. The highest BCUT2D eigenvalue weighted by atomic mass is 32.1. The lowest BCUT2D eigenvalue weighted by molar-refractivity contribution is 0.0528. The molecule has 0 radical (unpaired) electrons. The van der Waals surface area contributed by atoms with Gasteiger partial charge in [-0.2, -0.15) is 0 Å². The van der Waals surface area contributed by atoms with E-state index in [9.17, 15) is 9.59 Å². The number of benzene rings is 1. The van der Waals surface area contributed by atoms with Crippen LogP contribution in [0, 0.1) is 0 Å². The number of hydrogen-bond donors (Lipinski definition) is 2. The molecule has 0 saturated heterocycles. The highest BCUT2D eigenvalue weighted by molar-refractivity contribution is 7.17. The third kappa shape index (κ3) is 5.02. The number of anilines is 1. The summed E-state index contributed by atoms with van der Waals surface area (Å²) in [5.41, 5.74) is 7.89. The summed E-state index contributed by atoms with van der Waals surface area (Å²) < 4.78 is 11.8. The SMILES string of the molecule is C.CCOC(=O)c1cnc(N)c2c(COc3cccc(C(=O)NC4CCCC4)c3)csc12. The zero-order valence-electron chi connectivity index (χ0n) is 17.3. The van der Waals surface area contributed by atoms with Crippen molar-refractivity contribution in [3.05, 3.63) is 52.5 Å². The molecule has 1 aliphatic carbocycles. The quantitative estimate of drug-likeness (QED) is 0.489. The van der Waals surface area contributed by atoms with Crippen LogP contribution in [-0.2, 0) is 11.3 Å². The average Bonchev–Trinajstić information content (AvgIpc) is 3.43. The first-order valence-corrected chi connectivity index (χ1v) is 11.3. The Balaban J connectivity index is 0.00000289. The molecule has 2 heterocycles. The number of nitrogen functional groups attached to an aromatic ring is 1. The van der Waals surface area contributed by atoms with E-state index in [1.54, 1.807) is 25.1 Å². The van der Waals surface area contributed by atoms with Gasteiger partial charge in [0.05, 0.1) is 16.9 Å². The van der Waals surface area contributed by atoms with Gasteiger partial charge in [-0.05, 0) is 43.3 Å². The Hall–Kier alpha value is -3.13. The number of pyridine rings is 1. The summed E-state index contributed by atoms with van der Waals surface area (Å²) >= 11 is 1.40. The third-order valence-electron chi connectivity index (χ3n) is 5.38. The van der Waals surface area contributed by atoms with E-state index in [1.165, 1.54) is 30.4 Å². The largest absolute Gasteiger partial charge is 0.489 e. The number of rotatable bonds is 7. The second-order valence-electron chi connectivity index (χ2n) is 7.51. The lowest BCUT2D eigenvalue weighted by Crippen LogP contribution is -2.32. The first-order chi connectivity index (χ1) is 15.1. The van der Waals surface area contributed by atoms with E-state index in [4.69, 9.17) is 15.2 Å². The highest BCUT2D eigenvalue weighted by Gasteiger charge is 2.20. The Morgan fingerprint density at radius 3 is 2.81 bits per heavy atom. The predicted octanol–water partition coefficient (Wildman–Crippen LogP) is 4.94. The van der Waals surface area contributed by atoms with Gasteiger partial charge in [0.2, 0.25) is 0 Å². The highest BCUT2D eigenvalue weighted by Crippen LogP contribution is 2.33. The molecule has 170 valence electrons. The summed E-state index contributed by atoms with van der Waals surface area (Å²) in [6, 6.07) is 7.40. The molecule has 1 aromatic carbocycles. The zero-order valence-corrected chi connectivity index (χ0v) is 18.2. The smallest absolute Gasteiger partial charge is 0.341 e. The fraction of sp³-hybridized carbons (Fsp3) is 0.375. The van der Waals surface area contributed by atoms with Crippen LogP contribution in [0.15, 0.2) is 35.8 Å². The summed E-state index contributed by atoms with van der Waals surface area (Å²) in [4.78, 5) is 28.9. The first-order valence-electron chi connectivity index (χ1n) is 10.4. The Morgan fingerprint density at radius 2 is 2.06 bits per heavy atom. The maximum atomic E-state index is 12.5. The summed E-state index contributed by atoms with van der Waals surface area (Å²) in [5, 5.41) is 5.69. The van der Waals surface area contributed by atoms with Gasteiger partial charge in [0.25, 0.3) is 5.91 Å². The molecular weight excluding hydrogens is 426 g/mol. The number of ether oxygens (including phenoxy) is 2. The van der Waals surface area contributed by atoms with Crippen molar-refractivity contribution in [2.75, 3.05) is 12.3 Å². The molecule has 0 unspecified atom stereocenters. The van der Waals surface area contributed by atoms with Crippen LogP contribution >= 0.6 is 11.3 Å². The van der Waals surface area contributed by atoms with Crippen molar-refractivity contribution >= 4 is 39.1 Å². The van der Waals surface area contributed by atoms with Crippen LogP contribution in [-0.4, -0.2) is 29.5 Å². The van der Waals surface area contributed by atoms with Crippen molar-refractivity contribution < 1.29 is 19.1 Å². The van der Waals surface area contributed by atoms with Crippen LogP contribution in [0.2, 0.25) is 0 Å². The van der Waals surface area contributed by atoms with Gasteiger partial charge in [-0.25, -0.2) is 9.78 Å². The molecule has 7 nitrogen and oxygen atoms in total. The molecule has 1 amide bonds. The summed E-state index contributed by atoms with van der Waals surface area (Å²) in [6.07, 6.45) is 5.85. The molecule has 0 atom stereocenters. The maximum absolute atomic E-state index is 12.5. The number of carbonyl (C=O) groups is 2. The number of nitrogens with one attached hydrogen (secondary N) is 1. The first kappa shape index (κ1) is 23.5. The lowest BCUT2D eigenvalue weighted by atomic mass is 10.1. The van der Waals surface area contributed by atoms with E-state index >= 15 is 0 Å². The molecule has 3 N–H and O–H groups in total. The Labute approximate surface area is 191 Å². The minimum Gasteiger partial charge on any atom is -0.489 e. The van der Waals surface area contributed by atoms with Crippen LogP contribution in [0.5, 0.6) is 5.75 Å². The van der Waals surface area contributed by atoms with Crippen LogP contribution in [0.3, 0.4) is 0 Å². The van der Waals surface area contributed by atoms with E-state index in [1.807, 2.05) is 11.4 Å². The van der Waals surface area contributed by atoms with Crippen LogP contribution in [0.1, 0.15) is 66.3 Å². The number of nitrogens with zero attached hydrogens (tertiary/aromatic N) is 1. The normalized spacial score (nSPS) is 13.5. The van der Waals surface area contributed by atoms with Gasteiger partial charge in [0.1, 0.15) is 18.2 Å². The second-order valence-corrected chi connectivity index (χ2v) is 8.39. The van der Waals surface area contributed by atoms with Crippen molar-refractivity contribution in [1.29, 1.82) is 0 Å². The third-order valence-corrected chi connectivity index (χ3v) is 6.44. The van der Waals surface area contributed by atoms with Gasteiger partial charge in [-0.3, -0.25) is 4.79 Å². The van der Waals surface area contributed by atoms with Crippen molar-refractivity contribution in [3.8, 4) is 5.75 Å². The molecule has 32 heavy (non-hydrogen) atoms.